The van der Waals surface area contributed by atoms with E-state index in [4.69, 9.17) is 4.74 Å². The molecular formula is C15H25ClN2O. The molecule has 1 N–H and O–H groups in total. The predicted molar refractivity (Wildman–Crippen MR) is 83.8 cm³/mol. The van der Waals surface area contributed by atoms with Crippen molar-refractivity contribution in [2.45, 2.75) is 32.8 Å². The van der Waals surface area contributed by atoms with Gasteiger partial charge >= 0.3 is 0 Å². The van der Waals surface area contributed by atoms with Crippen LogP contribution in [0, 0.1) is 0 Å². The zero-order valence-corrected chi connectivity index (χ0v) is 12.7. The molecule has 2 rings (SSSR count). The topological polar surface area (TPSA) is 24.5 Å². The lowest BCUT2D eigenvalue weighted by atomic mass is 10.1. The first-order valence-corrected chi connectivity index (χ1v) is 7.06. The molecule has 0 unspecified atom stereocenters. The third-order valence-electron chi connectivity index (χ3n) is 3.54. The van der Waals surface area contributed by atoms with Crippen LogP contribution in [0.4, 0.5) is 5.69 Å². The van der Waals surface area contributed by atoms with E-state index in [1.54, 1.807) is 0 Å². The van der Waals surface area contributed by atoms with Crippen LogP contribution >= 0.6 is 12.4 Å². The highest BCUT2D eigenvalue weighted by atomic mass is 35.5. The van der Waals surface area contributed by atoms with Crippen molar-refractivity contribution in [3.8, 4) is 5.75 Å². The highest BCUT2D eigenvalue weighted by Gasteiger charge is 2.14. The zero-order valence-electron chi connectivity index (χ0n) is 11.9. The summed E-state index contributed by atoms with van der Waals surface area (Å²) in [5, 5.41) is 3.36. The molecule has 1 aromatic rings. The average Bonchev–Trinajstić information content (AvgIpc) is 2.42. The second-order valence-electron chi connectivity index (χ2n) is 4.74. The van der Waals surface area contributed by atoms with E-state index in [0.29, 0.717) is 6.10 Å². The molecule has 0 spiro atoms. The van der Waals surface area contributed by atoms with Gasteiger partial charge in [-0.05, 0) is 51.9 Å². The largest absolute Gasteiger partial charge is 0.490 e. The quantitative estimate of drug-likeness (QED) is 0.899. The number of anilines is 1. The molecule has 1 aliphatic heterocycles. The van der Waals surface area contributed by atoms with Gasteiger partial charge < -0.3 is 15.0 Å². The summed E-state index contributed by atoms with van der Waals surface area (Å²) in [4.78, 5) is 2.34. The monoisotopic (exact) mass is 284 g/mol. The Hall–Kier alpha value is -0.930. The Labute approximate surface area is 122 Å². The molecule has 19 heavy (non-hydrogen) atoms. The molecule has 0 amide bonds. The lowest BCUT2D eigenvalue weighted by Crippen LogP contribution is -2.34. The maximum atomic E-state index is 6.07. The molecule has 1 fully saturated rings. The molecule has 108 valence electrons. The van der Waals surface area contributed by atoms with Crippen LogP contribution < -0.4 is 15.0 Å². The van der Waals surface area contributed by atoms with Crippen LogP contribution in [-0.4, -0.2) is 32.3 Å². The van der Waals surface area contributed by atoms with Crippen molar-refractivity contribution in [2.24, 2.45) is 0 Å². The predicted octanol–water partition coefficient (Wildman–Crippen LogP) is 3.09. The summed E-state index contributed by atoms with van der Waals surface area (Å²) < 4.78 is 6.07. The average molecular weight is 285 g/mol. The highest BCUT2D eigenvalue weighted by Crippen LogP contribution is 2.23. The normalized spacial score (nSPS) is 15.7. The van der Waals surface area contributed by atoms with Gasteiger partial charge in [0, 0.05) is 24.8 Å². The van der Waals surface area contributed by atoms with Crippen LogP contribution in [0.25, 0.3) is 0 Å². The Morgan fingerprint density at radius 2 is 1.89 bits per heavy atom. The maximum absolute atomic E-state index is 6.07. The fourth-order valence-corrected chi connectivity index (χ4v) is 2.45. The number of nitrogens with zero attached hydrogens (tertiary/aromatic N) is 1. The fourth-order valence-electron chi connectivity index (χ4n) is 2.45. The molecule has 1 heterocycles. The van der Waals surface area contributed by atoms with Crippen LogP contribution in [0.2, 0.25) is 0 Å². The Morgan fingerprint density at radius 3 is 2.53 bits per heavy atom. The van der Waals surface area contributed by atoms with E-state index in [9.17, 15) is 0 Å². The highest BCUT2D eigenvalue weighted by molar-refractivity contribution is 5.85. The number of hydrogen-bond acceptors (Lipinski definition) is 3. The number of ether oxygens (including phenoxy) is 1. The number of benzene rings is 1. The summed E-state index contributed by atoms with van der Waals surface area (Å²) in [5.74, 6) is 1.01. The summed E-state index contributed by atoms with van der Waals surface area (Å²) in [7, 11) is 0. The molecule has 1 aliphatic rings. The van der Waals surface area contributed by atoms with E-state index in [0.717, 1.165) is 44.8 Å². The first-order valence-electron chi connectivity index (χ1n) is 7.06. The van der Waals surface area contributed by atoms with Gasteiger partial charge in [0.05, 0.1) is 0 Å². The van der Waals surface area contributed by atoms with Crippen molar-refractivity contribution in [1.82, 2.24) is 5.32 Å². The summed E-state index contributed by atoms with van der Waals surface area (Å²) in [5.41, 5.74) is 1.26. The molecule has 1 saturated heterocycles. The Kier molecular flexibility index (Phi) is 7.03. The van der Waals surface area contributed by atoms with Crippen LogP contribution in [0.5, 0.6) is 5.75 Å². The minimum atomic E-state index is 0. The standard InChI is InChI=1S/C15H24N2O.ClH/c1-3-17(4-2)13-6-5-7-15(12-13)18-14-8-10-16-11-9-14;/h5-7,12,14,16H,3-4,8-11H2,1-2H3;1H. The van der Waals surface area contributed by atoms with Crippen LogP contribution in [0.3, 0.4) is 0 Å². The summed E-state index contributed by atoms with van der Waals surface area (Å²) in [6.45, 7) is 8.58. The number of piperidine rings is 1. The Balaban J connectivity index is 0.00000180. The van der Waals surface area contributed by atoms with E-state index < -0.39 is 0 Å². The van der Waals surface area contributed by atoms with Gasteiger partial charge in [-0.1, -0.05) is 6.07 Å². The van der Waals surface area contributed by atoms with Crippen molar-refractivity contribution < 1.29 is 4.74 Å². The second-order valence-corrected chi connectivity index (χ2v) is 4.74. The Morgan fingerprint density at radius 1 is 1.21 bits per heavy atom. The number of halogens is 1. The van der Waals surface area contributed by atoms with Crippen LogP contribution in [0.1, 0.15) is 26.7 Å². The molecule has 0 atom stereocenters. The van der Waals surface area contributed by atoms with E-state index in [-0.39, 0.29) is 12.4 Å². The van der Waals surface area contributed by atoms with E-state index >= 15 is 0 Å². The van der Waals surface area contributed by atoms with Crippen molar-refractivity contribution in [3.05, 3.63) is 24.3 Å². The third kappa shape index (κ3) is 4.59. The second kappa shape index (κ2) is 8.28. The van der Waals surface area contributed by atoms with Crippen molar-refractivity contribution in [2.75, 3.05) is 31.1 Å². The van der Waals surface area contributed by atoms with Gasteiger partial charge in [0.15, 0.2) is 0 Å². The van der Waals surface area contributed by atoms with Crippen molar-refractivity contribution in [1.29, 1.82) is 0 Å². The number of nitrogens with one attached hydrogen (secondary N) is 1. The third-order valence-corrected chi connectivity index (χ3v) is 3.54. The van der Waals surface area contributed by atoms with Gasteiger partial charge in [-0.25, -0.2) is 0 Å². The minimum absolute atomic E-state index is 0. The van der Waals surface area contributed by atoms with Gasteiger partial charge in [0.2, 0.25) is 0 Å². The molecule has 0 bridgehead atoms. The van der Waals surface area contributed by atoms with E-state index in [2.05, 4.69) is 48.3 Å². The van der Waals surface area contributed by atoms with Gasteiger partial charge in [-0.2, -0.15) is 0 Å². The first-order chi connectivity index (χ1) is 8.83. The van der Waals surface area contributed by atoms with Gasteiger partial charge in [-0.3, -0.25) is 0 Å². The SMILES string of the molecule is CCN(CC)c1cccc(OC2CCNCC2)c1.Cl. The zero-order chi connectivity index (χ0) is 12.8. The lowest BCUT2D eigenvalue weighted by molar-refractivity contribution is 0.162. The van der Waals surface area contributed by atoms with Gasteiger partial charge in [-0.15, -0.1) is 12.4 Å². The molecule has 0 aromatic heterocycles. The maximum Gasteiger partial charge on any atom is 0.121 e. The van der Waals surface area contributed by atoms with Crippen molar-refractivity contribution >= 4 is 18.1 Å². The minimum Gasteiger partial charge on any atom is -0.490 e. The smallest absolute Gasteiger partial charge is 0.121 e. The fraction of sp³-hybridized carbons (Fsp3) is 0.600. The summed E-state index contributed by atoms with van der Waals surface area (Å²) in [6.07, 6.45) is 2.59. The van der Waals surface area contributed by atoms with E-state index in [1.165, 1.54) is 5.69 Å². The summed E-state index contributed by atoms with van der Waals surface area (Å²) >= 11 is 0. The molecular weight excluding hydrogens is 260 g/mol. The Bertz CT molecular complexity index is 363. The molecule has 0 saturated carbocycles. The lowest BCUT2D eigenvalue weighted by Gasteiger charge is -2.25. The van der Waals surface area contributed by atoms with Gasteiger partial charge in [0.1, 0.15) is 11.9 Å². The number of hydrogen-bond donors (Lipinski definition) is 1. The van der Waals surface area contributed by atoms with Crippen molar-refractivity contribution in [3.63, 3.8) is 0 Å². The van der Waals surface area contributed by atoms with Crippen LogP contribution in [-0.2, 0) is 0 Å². The molecule has 1 aromatic carbocycles. The number of rotatable bonds is 5. The molecule has 3 nitrogen and oxygen atoms in total. The molecule has 0 aliphatic carbocycles. The molecule has 4 heteroatoms. The first kappa shape index (κ1) is 16.1. The van der Waals surface area contributed by atoms with Crippen LogP contribution in [0.15, 0.2) is 24.3 Å². The van der Waals surface area contributed by atoms with Gasteiger partial charge in [0.25, 0.3) is 0 Å². The van der Waals surface area contributed by atoms with E-state index in [1.807, 2.05) is 0 Å². The summed E-state index contributed by atoms with van der Waals surface area (Å²) in [6, 6.07) is 8.47. The molecule has 0 radical (unpaired) electrons.